The van der Waals surface area contributed by atoms with E-state index in [1.54, 1.807) is 43.5 Å². The highest BCUT2D eigenvalue weighted by Gasteiger charge is 2.06. The van der Waals surface area contributed by atoms with Gasteiger partial charge in [0.1, 0.15) is 17.6 Å². The number of phenols is 1. The third-order valence-electron chi connectivity index (χ3n) is 3.54. The molecule has 6 nitrogen and oxygen atoms in total. The maximum Gasteiger partial charge on any atom is 0.163 e. The van der Waals surface area contributed by atoms with E-state index >= 15 is 0 Å². The Balaban J connectivity index is 2.33. The summed E-state index contributed by atoms with van der Waals surface area (Å²) in [6.07, 6.45) is 10.6. The van der Waals surface area contributed by atoms with Gasteiger partial charge in [0.2, 0.25) is 0 Å². The van der Waals surface area contributed by atoms with Gasteiger partial charge in [0.25, 0.3) is 0 Å². The van der Waals surface area contributed by atoms with E-state index < -0.39 is 0 Å². The molecule has 1 aliphatic rings. The van der Waals surface area contributed by atoms with Gasteiger partial charge in [-0.05, 0) is 31.7 Å². The number of aliphatic hydroxyl groups excluding tert-OH is 1. The third kappa shape index (κ3) is 5.30. The first kappa shape index (κ1) is 18.9. The maximum absolute atomic E-state index is 9.98. The minimum Gasteiger partial charge on any atom is -0.508 e. The van der Waals surface area contributed by atoms with Gasteiger partial charge in [0.15, 0.2) is 5.70 Å². The first-order chi connectivity index (χ1) is 12.7. The highest BCUT2D eigenvalue weighted by Crippen LogP contribution is 2.15. The molecule has 0 amide bonds. The van der Waals surface area contributed by atoms with E-state index in [1.807, 2.05) is 18.2 Å². The lowest BCUT2D eigenvalue weighted by atomic mass is 10.2. The summed E-state index contributed by atoms with van der Waals surface area (Å²) >= 11 is 0. The highest BCUT2D eigenvalue weighted by molar-refractivity contribution is 5.84. The smallest absolute Gasteiger partial charge is 0.163 e. The van der Waals surface area contributed by atoms with Gasteiger partial charge in [-0.1, -0.05) is 30.4 Å². The van der Waals surface area contributed by atoms with Gasteiger partial charge >= 0.3 is 0 Å². The number of benzene rings is 1. The zero-order valence-corrected chi connectivity index (χ0v) is 14.4. The number of hydrogen-bond donors (Lipinski definition) is 3. The minimum atomic E-state index is 0.0827. The molecule has 0 aliphatic heterocycles. The molecule has 0 spiro atoms. The average molecular weight is 348 g/mol. The first-order valence-electron chi connectivity index (χ1n) is 8.05. The summed E-state index contributed by atoms with van der Waals surface area (Å²) in [4.78, 5) is 8.51. The van der Waals surface area contributed by atoms with Crippen LogP contribution in [0.5, 0.6) is 5.75 Å². The highest BCUT2D eigenvalue weighted by atomic mass is 16.3. The van der Waals surface area contributed by atoms with Crippen LogP contribution in [-0.2, 0) is 0 Å². The lowest BCUT2D eigenvalue weighted by Crippen LogP contribution is -2.11. The second-order valence-electron chi connectivity index (χ2n) is 5.41. The number of hydrogen-bond acceptors (Lipinski definition) is 6. The largest absolute Gasteiger partial charge is 0.508 e. The molecule has 0 aromatic heterocycles. The summed E-state index contributed by atoms with van der Waals surface area (Å²) in [6.45, 7) is 0.331. The van der Waals surface area contributed by atoms with E-state index in [1.165, 1.54) is 12.4 Å². The number of aromatic hydroxyl groups is 1. The molecule has 6 heteroatoms. The lowest BCUT2D eigenvalue weighted by molar-refractivity contribution is 0.428. The molecule has 0 bridgehead atoms. The van der Waals surface area contributed by atoms with E-state index in [0.29, 0.717) is 29.8 Å². The number of nitrogens with zero attached hydrogens (tertiary/aromatic N) is 3. The van der Waals surface area contributed by atoms with Crippen molar-refractivity contribution in [1.29, 1.82) is 5.26 Å². The number of para-hydroxylation sites is 1. The maximum atomic E-state index is 9.98. The second-order valence-corrected chi connectivity index (χ2v) is 5.41. The first-order valence-corrected chi connectivity index (χ1v) is 8.05. The Bertz CT molecular complexity index is 868. The standard InChI is InChI=1S/C20H20N4O2/c1-22-14-18(24-13-15-7-3-2-4-9-19(15)25)17(11-21)23-12-16-8-5-6-10-20(16)26/h2-6,8-10,12-13,22,25-26H,7,14H2,1H3/b18-17-,23-12+,24-13+. The van der Waals surface area contributed by atoms with Crippen molar-refractivity contribution < 1.29 is 10.2 Å². The van der Waals surface area contributed by atoms with Crippen molar-refractivity contribution >= 4 is 12.4 Å². The van der Waals surface area contributed by atoms with Crippen LogP contribution in [0, 0.1) is 11.3 Å². The number of allylic oxidation sites excluding steroid dienone is 6. The zero-order valence-electron chi connectivity index (χ0n) is 14.4. The molecule has 26 heavy (non-hydrogen) atoms. The predicted octanol–water partition coefficient (Wildman–Crippen LogP) is 3.16. The number of nitrogens with one attached hydrogen (secondary N) is 1. The van der Waals surface area contributed by atoms with Crippen molar-refractivity contribution in [3.8, 4) is 11.8 Å². The molecule has 132 valence electrons. The van der Waals surface area contributed by atoms with Crippen molar-refractivity contribution in [3.63, 3.8) is 0 Å². The van der Waals surface area contributed by atoms with Crippen LogP contribution >= 0.6 is 0 Å². The SMILES string of the molecule is CNCC(/N=C/C1=C(O)C=CC=CC1)=C(C#N)/N=C/c1ccccc1O. The summed E-state index contributed by atoms with van der Waals surface area (Å²) in [5.74, 6) is 0.220. The summed E-state index contributed by atoms with van der Waals surface area (Å²) in [5, 5.41) is 32.2. The molecule has 2 rings (SSSR count). The molecule has 0 fully saturated rings. The van der Waals surface area contributed by atoms with Gasteiger partial charge < -0.3 is 15.5 Å². The van der Waals surface area contributed by atoms with Gasteiger partial charge in [-0.2, -0.15) is 5.26 Å². The lowest BCUT2D eigenvalue weighted by Gasteiger charge is -2.04. The Morgan fingerprint density at radius 3 is 2.77 bits per heavy atom. The molecule has 1 aliphatic carbocycles. The van der Waals surface area contributed by atoms with Crippen LogP contribution in [0.1, 0.15) is 12.0 Å². The molecule has 0 radical (unpaired) electrons. The van der Waals surface area contributed by atoms with E-state index in [9.17, 15) is 15.5 Å². The summed E-state index contributed by atoms with van der Waals surface area (Å²) in [7, 11) is 1.74. The molecule has 3 N–H and O–H groups in total. The Kier molecular flexibility index (Phi) is 7.10. The van der Waals surface area contributed by atoms with Crippen molar-refractivity contribution in [3.05, 3.63) is 76.9 Å². The average Bonchev–Trinajstić information content (AvgIpc) is 2.85. The number of phenolic OH excluding ortho intramolecular Hbond substituents is 1. The van der Waals surface area contributed by atoms with Crippen LogP contribution in [0.25, 0.3) is 0 Å². The quantitative estimate of drug-likeness (QED) is 0.543. The molecule has 0 heterocycles. The molecular formula is C20H20N4O2. The van der Waals surface area contributed by atoms with Crippen LogP contribution in [-0.4, -0.2) is 36.2 Å². The fourth-order valence-electron chi connectivity index (χ4n) is 2.16. The fourth-order valence-corrected chi connectivity index (χ4v) is 2.16. The van der Waals surface area contributed by atoms with E-state index in [-0.39, 0.29) is 17.2 Å². The Hall–Kier alpha value is -3.43. The van der Waals surface area contributed by atoms with Crippen molar-refractivity contribution in [1.82, 2.24) is 5.32 Å². The second kappa shape index (κ2) is 9.77. The number of rotatable bonds is 6. The van der Waals surface area contributed by atoms with Crippen LogP contribution in [0.2, 0.25) is 0 Å². The number of aliphatic imine (C=N–C) groups is 2. The van der Waals surface area contributed by atoms with Crippen molar-refractivity contribution in [2.75, 3.05) is 13.6 Å². The molecule has 0 atom stereocenters. The van der Waals surface area contributed by atoms with Crippen LogP contribution in [0.15, 0.2) is 81.3 Å². The number of nitriles is 1. The molecule has 1 aromatic rings. The summed E-state index contributed by atoms with van der Waals surface area (Å²) < 4.78 is 0. The number of aliphatic hydroxyl groups is 1. The normalized spacial score (nSPS) is 15.4. The Labute approximate surface area is 152 Å². The predicted molar refractivity (Wildman–Crippen MR) is 103 cm³/mol. The van der Waals surface area contributed by atoms with Crippen LogP contribution in [0.4, 0.5) is 0 Å². The van der Waals surface area contributed by atoms with Crippen molar-refractivity contribution in [2.24, 2.45) is 9.98 Å². The van der Waals surface area contributed by atoms with Gasteiger partial charge in [0.05, 0.1) is 5.70 Å². The number of likely N-dealkylation sites (N-methyl/N-ethyl adjacent to an activating group) is 1. The van der Waals surface area contributed by atoms with E-state index in [2.05, 4.69) is 15.3 Å². The Morgan fingerprint density at radius 1 is 1.23 bits per heavy atom. The van der Waals surface area contributed by atoms with Gasteiger partial charge in [-0.25, -0.2) is 4.99 Å². The van der Waals surface area contributed by atoms with Gasteiger partial charge in [-0.3, -0.25) is 4.99 Å². The monoisotopic (exact) mass is 348 g/mol. The van der Waals surface area contributed by atoms with Crippen LogP contribution in [0.3, 0.4) is 0 Å². The summed E-state index contributed by atoms with van der Waals surface area (Å²) in [6, 6.07) is 8.75. The molecule has 0 saturated heterocycles. The van der Waals surface area contributed by atoms with Gasteiger partial charge in [-0.15, -0.1) is 0 Å². The zero-order chi connectivity index (χ0) is 18.8. The van der Waals surface area contributed by atoms with E-state index in [4.69, 9.17) is 0 Å². The summed E-state index contributed by atoms with van der Waals surface area (Å²) in [5.41, 5.74) is 1.70. The van der Waals surface area contributed by atoms with E-state index in [0.717, 1.165) is 0 Å². The molecule has 0 saturated carbocycles. The van der Waals surface area contributed by atoms with Crippen molar-refractivity contribution in [2.45, 2.75) is 6.42 Å². The molecular weight excluding hydrogens is 328 g/mol. The molecule has 0 unspecified atom stereocenters. The third-order valence-corrected chi connectivity index (χ3v) is 3.54. The van der Waals surface area contributed by atoms with Gasteiger partial charge in [0, 0.05) is 30.1 Å². The molecule has 1 aromatic carbocycles. The topological polar surface area (TPSA) is 101 Å². The fraction of sp³-hybridized carbons (Fsp3) is 0.150. The minimum absolute atomic E-state index is 0.0827. The Morgan fingerprint density at radius 2 is 2.04 bits per heavy atom. The van der Waals surface area contributed by atoms with Crippen LogP contribution < -0.4 is 5.32 Å².